The van der Waals surface area contributed by atoms with Crippen molar-refractivity contribution < 1.29 is 21.6 Å². The maximum absolute atomic E-state index is 7.75. The zero-order valence-electron chi connectivity index (χ0n) is 7.20. The molecule has 0 radical (unpaired) electrons. The summed E-state index contributed by atoms with van der Waals surface area (Å²) in [6.45, 7) is 3.25. The van der Waals surface area contributed by atoms with E-state index >= 15 is 0 Å². The van der Waals surface area contributed by atoms with Crippen LogP contribution in [-0.2, 0) is 21.6 Å². The molecule has 0 saturated carbocycles. The van der Waals surface area contributed by atoms with Gasteiger partial charge in [-0.1, -0.05) is 0 Å². The van der Waals surface area contributed by atoms with Gasteiger partial charge in [-0.2, -0.15) is 12.2 Å². The Labute approximate surface area is 90.1 Å². The first kappa shape index (κ1) is 14.6. The van der Waals surface area contributed by atoms with E-state index in [0.29, 0.717) is 0 Å². The molecule has 0 unspecified atom stereocenters. The fourth-order valence-electron chi connectivity index (χ4n) is 0.680. The molecule has 0 aromatic rings. The average molecular weight is 218 g/mol. The maximum atomic E-state index is 7.75. The van der Waals surface area contributed by atoms with Gasteiger partial charge in [-0.3, -0.25) is 18.9 Å². The molecule has 1 nitrogen and oxygen atoms in total. The Hall–Kier alpha value is -0.864. The van der Waals surface area contributed by atoms with Gasteiger partial charge >= 0.3 is 16.8 Å². The third-order valence-electron chi connectivity index (χ3n) is 1.17. The number of rotatable bonds is 0. The summed E-state index contributed by atoms with van der Waals surface area (Å²) in [4.78, 5) is 7.75. The number of allylic oxidation sites excluding steroid dienone is 8. The number of hydrogen-bond acceptors (Lipinski definition) is 1. The quantitative estimate of drug-likeness (QED) is 0.450. The molecule has 0 saturated heterocycles. The molecule has 0 aromatic heterocycles. The predicted octanol–water partition coefficient (Wildman–Crippen LogP) is 2.33. The van der Waals surface area contributed by atoms with Gasteiger partial charge < -0.3 is 4.79 Å². The third-order valence-corrected chi connectivity index (χ3v) is 1.17. The maximum Gasteiger partial charge on any atom is 3.00 e. The summed E-state index contributed by atoms with van der Waals surface area (Å²) in [5.74, 6) is 0. The van der Waals surface area contributed by atoms with E-state index in [0.717, 1.165) is 12.8 Å². The van der Waals surface area contributed by atoms with Crippen LogP contribution in [0.5, 0.6) is 0 Å². The molecule has 2 rings (SSSR count). The van der Waals surface area contributed by atoms with Crippen LogP contribution in [0, 0.1) is 12.2 Å². The molecule has 2 aliphatic carbocycles. The van der Waals surface area contributed by atoms with Gasteiger partial charge in [-0.05, 0) is 0 Å². The Balaban J connectivity index is 0. The summed E-state index contributed by atoms with van der Waals surface area (Å²) < 4.78 is 0. The molecule has 2 heteroatoms. The Bertz CT molecular complexity index is 160. The van der Waals surface area contributed by atoms with E-state index in [1.807, 2.05) is 24.3 Å². The van der Waals surface area contributed by atoms with Crippen molar-refractivity contribution in [2.45, 2.75) is 12.8 Å². The summed E-state index contributed by atoms with van der Waals surface area (Å²) in [6.07, 6.45) is 20.0. The van der Waals surface area contributed by atoms with Crippen molar-refractivity contribution in [1.82, 2.24) is 0 Å². The minimum Gasteiger partial charge on any atom is -0.545 e. The fraction of sp³-hybridized carbons (Fsp3) is 0.182. The van der Waals surface area contributed by atoms with Gasteiger partial charge in [-0.25, -0.2) is 24.3 Å². The number of hydrogen-bond donors (Lipinski definition) is 0. The SMILES string of the molecule is [C-]1=CC=CC1.[C-]1=CC=CC1.[CH-]=O.[Co+3]. The van der Waals surface area contributed by atoms with Gasteiger partial charge in [0.2, 0.25) is 0 Å². The molecule has 0 N–H and O–H groups in total. The fourth-order valence-corrected chi connectivity index (χ4v) is 0.680. The van der Waals surface area contributed by atoms with Crippen LogP contribution in [0.1, 0.15) is 12.8 Å². The molecular weight excluding hydrogens is 207 g/mol. The second-order valence-electron chi connectivity index (χ2n) is 2.01. The monoisotopic (exact) mass is 218 g/mol. The topological polar surface area (TPSA) is 17.1 Å². The van der Waals surface area contributed by atoms with Crippen LogP contribution in [0.15, 0.2) is 36.5 Å². The summed E-state index contributed by atoms with van der Waals surface area (Å²) in [5.41, 5.74) is 0. The first-order chi connectivity index (χ1) is 6.00. The van der Waals surface area contributed by atoms with E-state index < -0.39 is 0 Å². The van der Waals surface area contributed by atoms with Crippen LogP contribution in [0.3, 0.4) is 0 Å². The van der Waals surface area contributed by atoms with E-state index in [1.165, 1.54) is 0 Å². The molecule has 70 valence electrons. The Kier molecular flexibility index (Phi) is 15.4. The smallest absolute Gasteiger partial charge is 0.545 e. The van der Waals surface area contributed by atoms with Crippen molar-refractivity contribution in [3.63, 3.8) is 0 Å². The third kappa shape index (κ3) is 11.1. The molecule has 0 aromatic carbocycles. The predicted molar refractivity (Wildman–Crippen MR) is 49.9 cm³/mol. The van der Waals surface area contributed by atoms with Gasteiger partial charge in [0.1, 0.15) is 0 Å². The standard InChI is InChI=1S/2C5H5.CHO.Co/c2*1-2-4-5-3-1;1-2;/h2*1-3H,4H2;1H;/q3*-1;+3. The minimum atomic E-state index is 0. The molecule has 0 amide bonds. The molecule has 2 aliphatic rings. The van der Waals surface area contributed by atoms with Crippen molar-refractivity contribution in [2.75, 3.05) is 0 Å². The van der Waals surface area contributed by atoms with Crippen LogP contribution in [0.25, 0.3) is 0 Å². The molecule has 0 atom stereocenters. The summed E-state index contributed by atoms with van der Waals surface area (Å²) in [7, 11) is 0. The van der Waals surface area contributed by atoms with Crippen molar-refractivity contribution in [1.29, 1.82) is 0 Å². The van der Waals surface area contributed by atoms with Gasteiger partial charge in [0, 0.05) is 0 Å². The van der Waals surface area contributed by atoms with Crippen molar-refractivity contribution >= 4 is 6.79 Å². The zero-order valence-corrected chi connectivity index (χ0v) is 8.24. The summed E-state index contributed by atoms with van der Waals surface area (Å²) in [5, 5.41) is 0. The number of carbonyl (C=O) groups excluding carboxylic acids is 1. The first-order valence-corrected chi connectivity index (χ1v) is 3.67. The van der Waals surface area contributed by atoms with Gasteiger partial charge in [0.15, 0.2) is 0 Å². The van der Waals surface area contributed by atoms with Crippen LogP contribution in [0.2, 0.25) is 0 Å². The Morgan fingerprint density at radius 1 is 0.923 bits per heavy atom. The van der Waals surface area contributed by atoms with Crippen LogP contribution < -0.4 is 0 Å². The van der Waals surface area contributed by atoms with Gasteiger partial charge in [-0.15, -0.1) is 12.8 Å². The normalized spacial score (nSPS) is 13.8. The molecule has 0 heterocycles. The largest absolute Gasteiger partial charge is 3.00 e. The van der Waals surface area contributed by atoms with E-state index in [2.05, 4.69) is 31.1 Å². The molecule has 0 aliphatic heterocycles. The first-order valence-electron chi connectivity index (χ1n) is 3.67. The average Bonchev–Trinajstić information content (AvgIpc) is 2.87. The van der Waals surface area contributed by atoms with Crippen LogP contribution in [-0.4, -0.2) is 6.79 Å². The van der Waals surface area contributed by atoms with Crippen molar-refractivity contribution in [2.24, 2.45) is 0 Å². The van der Waals surface area contributed by atoms with E-state index in [1.54, 1.807) is 0 Å². The molecule has 13 heavy (non-hydrogen) atoms. The second-order valence-corrected chi connectivity index (χ2v) is 2.01. The Morgan fingerprint density at radius 2 is 1.31 bits per heavy atom. The summed E-state index contributed by atoms with van der Waals surface area (Å²) in [6, 6.07) is 0. The van der Waals surface area contributed by atoms with Crippen molar-refractivity contribution in [3.8, 4) is 0 Å². The van der Waals surface area contributed by atoms with E-state index in [4.69, 9.17) is 4.79 Å². The zero-order chi connectivity index (χ0) is 9.07. The van der Waals surface area contributed by atoms with Crippen molar-refractivity contribution in [3.05, 3.63) is 48.6 Å². The summed E-state index contributed by atoms with van der Waals surface area (Å²) >= 11 is 0. The molecule has 0 fully saturated rings. The van der Waals surface area contributed by atoms with Crippen LogP contribution in [0.4, 0.5) is 0 Å². The van der Waals surface area contributed by atoms with E-state index in [-0.39, 0.29) is 16.8 Å². The molecule has 0 spiro atoms. The second kappa shape index (κ2) is 13.7. The minimum absolute atomic E-state index is 0. The van der Waals surface area contributed by atoms with Crippen LogP contribution >= 0.6 is 0 Å². The van der Waals surface area contributed by atoms with Gasteiger partial charge in [0.05, 0.1) is 0 Å². The molecule has 0 bridgehead atoms. The van der Waals surface area contributed by atoms with E-state index in [9.17, 15) is 0 Å². The Morgan fingerprint density at radius 3 is 1.38 bits per heavy atom. The molecular formula is C11H11CoO. The van der Waals surface area contributed by atoms with Gasteiger partial charge in [0.25, 0.3) is 0 Å².